The molecular weight excluding hydrogens is 300 g/mol. The predicted molar refractivity (Wildman–Crippen MR) is 83.1 cm³/mol. The first kappa shape index (κ1) is 15.4. The highest BCUT2D eigenvalue weighted by Gasteiger charge is 2.24. The van der Waals surface area contributed by atoms with Crippen molar-refractivity contribution in [3.63, 3.8) is 0 Å². The molecule has 0 unspecified atom stereocenters. The van der Waals surface area contributed by atoms with E-state index in [0.717, 1.165) is 5.39 Å². The fourth-order valence-electron chi connectivity index (χ4n) is 2.65. The number of methoxy groups -OCH3 is 1. The third-order valence-electron chi connectivity index (χ3n) is 3.59. The molecule has 0 bridgehead atoms. The van der Waals surface area contributed by atoms with Crippen LogP contribution >= 0.6 is 0 Å². The van der Waals surface area contributed by atoms with Gasteiger partial charge in [0, 0.05) is 5.39 Å². The summed E-state index contributed by atoms with van der Waals surface area (Å²) in [4.78, 5) is 12.4. The molecule has 6 nitrogen and oxygen atoms in total. The average molecular weight is 318 g/mol. The molecule has 0 aromatic heterocycles. The molecule has 1 aliphatic rings. The summed E-state index contributed by atoms with van der Waals surface area (Å²) < 4.78 is 21.5. The number of carbonyl (C=O) groups is 1. The van der Waals surface area contributed by atoms with Crippen molar-refractivity contribution >= 4 is 16.7 Å². The summed E-state index contributed by atoms with van der Waals surface area (Å²) in [6.07, 6.45) is -0.272. The number of aliphatic hydroxyl groups excluding tert-OH is 1. The Bertz CT molecular complexity index is 766. The van der Waals surface area contributed by atoms with Crippen molar-refractivity contribution in [2.75, 3.05) is 13.9 Å². The van der Waals surface area contributed by atoms with E-state index in [1.807, 2.05) is 0 Å². The molecule has 2 aromatic rings. The van der Waals surface area contributed by atoms with Crippen LogP contribution in [0.25, 0.3) is 10.8 Å². The molecule has 0 saturated carbocycles. The molecule has 0 amide bonds. The third kappa shape index (κ3) is 2.66. The van der Waals surface area contributed by atoms with E-state index in [2.05, 4.69) is 0 Å². The van der Waals surface area contributed by atoms with Crippen molar-refractivity contribution in [3.05, 3.63) is 29.3 Å². The van der Waals surface area contributed by atoms with Crippen molar-refractivity contribution in [3.8, 4) is 17.2 Å². The molecule has 0 aliphatic carbocycles. The van der Waals surface area contributed by atoms with Crippen LogP contribution in [0.3, 0.4) is 0 Å². The molecule has 6 heteroatoms. The molecule has 1 N–H and O–H groups in total. The van der Waals surface area contributed by atoms with Crippen LogP contribution in [0.1, 0.15) is 29.8 Å². The predicted octanol–water partition coefficient (Wildman–Crippen LogP) is 2.63. The average Bonchev–Trinajstić information content (AvgIpc) is 2.97. The van der Waals surface area contributed by atoms with Gasteiger partial charge in [-0.2, -0.15) is 0 Å². The van der Waals surface area contributed by atoms with Gasteiger partial charge in [-0.1, -0.05) is 0 Å². The lowest BCUT2D eigenvalue weighted by Gasteiger charge is -2.16. The van der Waals surface area contributed by atoms with Crippen LogP contribution < -0.4 is 14.2 Å². The van der Waals surface area contributed by atoms with E-state index < -0.39 is 5.97 Å². The van der Waals surface area contributed by atoms with Gasteiger partial charge >= 0.3 is 5.97 Å². The highest BCUT2D eigenvalue weighted by molar-refractivity contribution is 6.04. The number of hydrogen-bond donors (Lipinski definition) is 1. The Morgan fingerprint density at radius 1 is 1.26 bits per heavy atom. The minimum absolute atomic E-state index is 0.156. The van der Waals surface area contributed by atoms with Crippen LogP contribution in [0.15, 0.2) is 18.2 Å². The van der Waals surface area contributed by atoms with Gasteiger partial charge in [0.15, 0.2) is 11.5 Å². The maximum Gasteiger partial charge on any atom is 0.342 e. The van der Waals surface area contributed by atoms with Crippen LogP contribution in [-0.4, -0.2) is 31.1 Å². The van der Waals surface area contributed by atoms with Crippen LogP contribution in [0.4, 0.5) is 0 Å². The Labute approximate surface area is 133 Å². The van der Waals surface area contributed by atoms with Crippen LogP contribution in [-0.2, 0) is 11.3 Å². The van der Waals surface area contributed by atoms with E-state index in [1.165, 1.54) is 7.11 Å². The largest absolute Gasteiger partial charge is 0.495 e. The smallest absolute Gasteiger partial charge is 0.342 e. The summed E-state index contributed by atoms with van der Waals surface area (Å²) in [6, 6.07) is 5.30. The Hall–Kier alpha value is -2.47. The standard InChI is InChI=1S/C17H18O6/c1-9(2)23-17(19)15-11(7-18)4-10-5-13-14(22-8-21-13)6-12(10)16(15)20-3/h4-6,9,18H,7-8H2,1-3H3. The maximum absolute atomic E-state index is 12.4. The summed E-state index contributed by atoms with van der Waals surface area (Å²) in [5.74, 6) is 1.05. The van der Waals surface area contributed by atoms with Crippen molar-refractivity contribution in [1.29, 1.82) is 0 Å². The molecule has 3 rings (SSSR count). The monoisotopic (exact) mass is 318 g/mol. The van der Waals surface area contributed by atoms with Gasteiger partial charge in [0.25, 0.3) is 0 Å². The lowest BCUT2D eigenvalue weighted by Crippen LogP contribution is -2.15. The van der Waals surface area contributed by atoms with Crippen molar-refractivity contribution in [2.45, 2.75) is 26.6 Å². The number of ether oxygens (including phenoxy) is 4. The van der Waals surface area contributed by atoms with Gasteiger partial charge in [-0.05, 0) is 43.0 Å². The van der Waals surface area contributed by atoms with Gasteiger partial charge in [-0.3, -0.25) is 0 Å². The second-order valence-electron chi connectivity index (χ2n) is 5.48. The van der Waals surface area contributed by atoms with Gasteiger partial charge in [0.05, 0.1) is 19.8 Å². The summed E-state index contributed by atoms with van der Waals surface area (Å²) in [5.41, 5.74) is 0.675. The Morgan fingerprint density at radius 3 is 2.57 bits per heavy atom. The van der Waals surface area contributed by atoms with Gasteiger partial charge in [-0.25, -0.2) is 4.79 Å². The number of benzene rings is 2. The second-order valence-corrected chi connectivity index (χ2v) is 5.48. The minimum Gasteiger partial charge on any atom is -0.495 e. The molecule has 122 valence electrons. The van der Waals surface area contributed by atoms with E-state index in [-0.39, 0.29) is 25.1 Å². The summed E-state index contributed by atoms with van der Waals surface area (Å²) in [6.45, 7) is 3.39. The van der Waals surface area contributed by atoms with Gasteiger partial charge < -0.3 is 24.1 Å². The zero-order valence-corrected chi connectivity index (χ0v) is 13.2. The van der Waals surface area contributed by atoms with Crippen LogP contribution in [0, 0.1) is 0 Å². The molecule has 0 atom stereocenters. The summed E-state index contributed by atoms with van der Waals surface area (Å²) >= 11 is 0. The van der Waals surface area contributed by atoms with E-state index in [9.17, 15) is 9.90 Å². The zero-order chi connectivity index (χ0) is 16.6. The van der Waals surface area contributed by atoms with E-state index >= 15 is 0 Å². The molecule has 0 spiro atoms. The first-order valence-corrected chi connectivity index (χ1v) is 7.30. The Balaban J connectivity index is 2.25. The number of esters is 1. The highest BCUT2D eigenvalue weighted by Crippen LogP contribution is 2.41. The van der Waals surface area contributed by atoms with Crippen LogP contribution in [0.2, 0.25) is 0 Å². The molecule has 1 aliphatic heterocycles. The van der Waals surface area contributed by atoms with Gasteiger partial charge in [0.1, 0.15) is 11.3 Å². The Kier molecular flexibility index (Phi) is 4.00. The summed E-state index contributed by atoms with van der Waals surface area (Å²) in [7, 11) is 1.48. The quantitative estimate of drug-likeness (QED) is 0.874. The second kappa shape index (κ2) is 5.96. The lowest BCUT2D eigenvalue weighted by atomic mass is 9.99. The van der Waals surface area contributed by atoms with Crippen molar-refractivity contribution in [2.24, 2.45) is 0 Å². The number of fused-ring (bicyclic) bond motifs is 2. The molecular formula is C17H18O6. The Morgan fingerprint density at radius 2 is 1.96 bits per heavy atom. The fourth-order valence-corrected chi connectivity index (χ4v) is 2.65. The fraction of sp³-hybridized carbons (Fsp3) is 0.353. The first-order chi connectivity index (χ1) is 11.0. The first-order valence-electron chi connectivity index (χ1n) is 7.30. The van der Waals surface area contributed by atoms with E-state index in [4.69, 9.17) is 18.9 Å². The molecule has 0 radical (unpaired) electrons. The van der Waals surface area contributed by atoms with Gasteiger partial charge in [0.2, 0.25) is 6.79 Å². The highest BCUT2D eigenvalue weighted by atomic mass is 16.7. The topological polar surface area (TPSA) is 74.2 Å². The van der Waals surface area contributed by atoms with E-state index in [1.54, 1.807) is 32.0 Å². The molecule has 2 aromatic carbocycles. The van der Waals surface area contributed by atoms with Crippen molar-refractivity contribution < 1.29 is 28.8 Å². The normalized spacial score (nSPS) is 12.7. The SMILES string of the molecule is COc1c(C(=O)OC(C)C)c(CO)cc2cc3c(cc12)OCO3. The van der Waals surface area contributed by atoms with Gasteiger partial charge in [-0.15, -0.1) is 0 Å². The number of rotatable bonds is 4. The molecule has 0 fully saturated rings. The molecule has 0 saturated heterocycles. The zero-order valence-electron chi connectivity index (χ0n) is 13.2. The number of aliphatic hydroxyl groups is 1. The van der Waals surface area contributed by atoms with Crippen molar-refractivity contribution in [1.82, 2.24) is 0 Å². The van der Waals surface area contributed by atoms with Crippen LogP contribution in [0.5, 0.6) is 17.2 Å². The molecule has 1 heterocycles. The number of hydrogen-bond acceptors (Lipinski definition) is 6. The molecule has 23 heavy (non-hydrogen) atoms. The van der Waals surface area contributed by atoms with E-state index in [0.29, 0.717) is 28.2 Å². The summed E-state index contributed by atoms with van der Waals surface area (Å²) in [5, 5.41) is 11.1. The minimum atomic E-state index is -0.527. The maximum atomic E-state index is 12.4. The number of carbonyl (C=O) groups excluding carboxylic acids is 1. The lowest BCUT2D eigenvalue weighted by molar-refractivity contribution is 0.0371. The third-order valence-corrected chi connectivity index (χ3v) is 3.59.